The molecule has 0 aromatic carbocycles. The molecule has 1 unspecified atom stereocenters. The lowest BCUT2D eigenvalue weighted by atomic mass is 10.3. The van der Waals surface area contributed by atoms with Crippen LogP contribution in [0, 0.1) is 0 Å². The zero-order valence-corrected chi connectivity index (χ0v) is 10.7. The fourth-order valence-corrected chi connectivity index (χ4v) is 1.88. The number of morpholine rings is 1. The van der Waals surface area contributed by atoms with Gasteiger partial charge in [-0.15, -0.1) is 0 Å². The second-order valence-electron chi connectivity index (χ2n) is 4.31. The topological polar surface area (TPSA) is 50.3 Å². The van der Waals surface area contributed by atoms with Crippen molar-refractivity contribution in [2.75, 3.05) is 37.0 Å². The highest BCUT2D eigenvalue weighted by Crippen LogP contribution is 2.29. The van der Waals surface area contributed by atoms with E-state index in [1.54, 1.807) is 4.90 Å². The third-order valence-electron chi connectivity index (χ3n) is 2.79. The number of aromatic nitrogens is 2. The Morgan fingerprint density at radius 1 is 1.42 bits per heavy atom. The van der Waals surface area contributed by atoms with Gasteiger partial charge in [0, 0.05) is 26.2 Å². The lowest BCUT2D eigenvalue weighted by molar-refractivity contribution is -0.144. The molecule has 0 spiro atoms. The maximum atomic E-state index is 12.7. The molecular weight excluding hydrogens is 261 g/mol. The van der Waals surface area contributed by atoms with E-state index in [4.69, 9.17) is 4.74 Å². The number of hydrogen-bond acceptors (Lipinski definition) is 5. The quantitative estimate of drug-likeness (QED) is 0.892. The van der Waals surface area contributed by atoms with Gasteiger partial charge in [0.15, 0.2) is 0 Å². The molecule has 0 bridgehead atoms. The van der Waals surface area contributed by atoms with Crippen LogP contribution in [0.5, 0.6) is 0 Å². The number of nitrogens with zero attached hydrogens (tertiary/aromatic N) is 3. The van der Waals surface area contributed by atoms with Crippen LogP contribution in [0.25, 0.3) is 0 Å². The van der Waals surface area contributed by atoms with E-state index >= 15 is 0 Å². The third kappa shape index (κ3) is 3.25. The SMILES string of the molecule is CNc1cc(N2CCOC(C)C2)nc(C(F)(F)F)n1. The van der Waals surface area contributed by atoms with Crippen molar-refractivity contribution >= 4 is 11.6 Å². The van der Waals surface area contributed by atoms with Crippen LogP contribution < -0.4 is 10.2 Å². The molecule has 0 saturated carbocycles. The van der Waals surface area contributed by atoms with E-state index in [2.05, 4.69) is 15.3 Å². The number of anilines is 2. The van der Waals surface area contributed by atoms with Gasteiger partial charge in [-0.05, 0) is 6.92 Å². The van der Waals surface area contributed by atoms with Crippen molar-refractivity contribution in [1.82, 2.24) is 9.97 Å². The fourth-order valence-electron chi connectivity index (χ4n) is 1.88. The van der Waals surface area contributed by atoms with Crippen molar-refractivity contribution in [2.45, 2.75) is 19.2 Å². The molecule has 0 aliphatic carbocycles. The number of rotatable bonds is 2. The molecule has 1 aromatic heterocycles. The van der Waals surface area contributed by atoms with Crippen molar-refractivity contribution in [1.29, 1.82) is 0 Å². The lowest BCUT2D eigenvalue weighted by Gasteiger charge is -2.32. The average Bonchev–Trinajstić information content (AvgIpc) is 2.37. The van der Waals surface area contributed by atoms with Crippen LogP contribution >= 0.6 is 0 Å². The second kappa shape index (κ2) is 5.20. The molecule has 2 rings (SSSR count). The van der Waals surface area contributed by atoms with Crippen molar-refractivity contribution < 1.29 is 17.9 Å². The van der Waals surface area contributed by atoms with Gasteiger partial charge in [0.05, 0.1) is 12.7 Å². The van der Waals surface area contributed by atoms with Gasteiger partial charge in [-0.3, -0.25) is 0 Å². The minimum atomic E-state index is -4.56. The summed E-state index contributed by atoms with van der Waals surface area (Å²) in [4.78, 5) is 8.81. The number of halogens is 3. The highest BCUT2D eigenvalue weighted by Gasteiger charge is 2.36. The van der Waals surface area contributed by atoms with Gasteiger partial charge in [0.2, 0.25) is 5.82 Å². The molecule has 0 radical (unpaired) electrons. The van der Waals surface area contributed by atoms with Gasteiger partial charge in [-0.25, -0.2) is 9.97 Å². The molecule has 1 fully saturated rings. The summed E-state index contributed by atoms with van der Waals surface area (Å²) in [5, 5.41) is 2.62. The molecular formula is C11H15F3N4O. The summed E-state index contributed by atoms with van der Waals surface area (Å²) in [6, 6.07) is 1.51. The summed E-state index contributed by atoms with van der Waals surface area (Å²) in [5.74, 6) is -0.716. The Hall–Kier alpha value is -1.57. The van der Waals surface area contributed by atoms with E-state index in [9.17, 15) is 13.2 Å². The van der Waals surface area contributed by atoms with Crippen LogP contribution in [0.2, 0.25) is 0 Å². The molecule has 1 N–H and O–H groups in total. The zero-order chi connectivity index (χ0) is 14.0. The Labute approximate surface area is 108 Å². The molecule has 1 atom stereocenters. The molecule has 1 aromatic rings. The number of hydrogen-bond donors (Lipinski definition) is 1. The van der Waals surface area contributed by atoms with Gasteiger partial charge in [-0.2, -0.15) is 13.2 Å². The summed E-state index contributed by atoms with van der Waals surface area (Å²) in [5.41, 5.74) is 0. The van der Waals surface area contributed by atoms with Gasteiger partial charge >= 0.3 is 6.18 Å². The fraction of sp³-hybridized carbons (Fsp3) is 0.636. The number of alkyl halides is 3. The summed E-state index contributed by atoms with van der Waals surface area (Å²) in [6.07, 6.45) is -4.59. The van der Waals surface area contributed by atoms with Crippen molar-refractivity contribution in [3.8, 4) is 0 Å². The molecule has 19 heavy (non-hydrogen) atoms. The van der Waals surface area contributed by atoms with E-state index in [1.165, 1.54) is 13.1 Å². The van der Waals surface area contributed by atoms with E-state index in [-0.39, 0.29) is 17.7 Å². The predicted molar refractivity (Wildman–Crippen MR) is 64.2 cm³/mol. The monoisotopic (exact) mass is 276 g/mol. The predicted octanol–water partition coefficient (Wildman–Crippen LogP) is 1.76. The van der Waals surface area contributed by atoms with E-state index in [1.807, 2.05) is 6.92 Å². The van der Waals surface area contributed by atoms with Gasteiger partial charge in [0.25, 0.3) is 0 Å². The Morgan fingerprint density at radius 3 is 2.74 bits per heavy atom. The summed E-state index contributed by atoms with van der Waals surface area (Å²) in [6.45, 7) is 3.37. The van der Waals surface area contributed by atoms with E-state index in [0.29, 0.717) is 19.7 Å². The maximum Gasteiger partial charge on any atom is 0.451 e. The van der Waals surface area contributed by atoms with Crippen LogP contribution in [-0.2, 0) is 10.9 Å². The van der Waals surface area contributed by atoms with Crippen LogP contribution in [-0.4, -0.2) is 42.8 Å². The second-order valence-corrected chi connectivity index (χ2v) is 4.31. The van der Waals surface area contributed by atoms with Gasteiger partial charge in [-0.1, -0.05) is 0 Å². The molecule has 2 heterocycles. The molecule has 8 heteroatoms. The Morgan fingerprint density at radius 2 is 2.16 bits per heavy atom. The molecule has 1 saturated heterocycles. The third-order valence-corrected chi connectivity index (χ3v) is 2.79. The van der Waals surface area contributed by atoms with Crippen LogP contribution in [0.3, 0.4) is 0 Å². The first-order valence-corrected chi connectivity index (χ1v) is 5.90. The normalized spacial score (nSPS) is 20.5. The lowest BCUT2D eigenvalue weighted by Crippen LogP contribution is -2.41. The minimum Gasteiger partial charge on any atom is -0.375 e. The van der Waals surface area contributed by atoms with Gasteiger partial charge in [0.1, 0.15) is 11.6 Å². The van der Waals surface area contributed by atoms with Crippen molar-refractivity contribution in [3.63, 3.8) is 0 Å². The van der Waals surface area contributed by atoms with Crippen LogP contribution in [0.4, 0.5) is 24.8 Å². The Balaban J connectivity index is 2.34. The molecule has 1 aliphatic heterocycles. The summed E-state index contributed by atoms with van der Waals surface area (Å²) in [7, 11) is 1.52. The molecule has 0 amide bonds. The average molecular weight is 276 g/mol. The molecule has 1 aliphatic rings. The summed E-state index contributed by atoms with van der Waals surface area (Å²) < 4.78 is 43.6. The van der Waals surface area contributed by atoms with Crippen LogP contribution in [0.15, 0.2) is 6.07 Å². The first kappa shape index (κ1) is 13.9. The molecule has 106 valence electrons. The zero-order valence-electron chi connectivity index (χ0n) is 10.7. The minimum absolute atomic E-state index is 0.0314. The largest absolute Gasteiger partial charge is 0.451 e. The first-order valence-electron chi connectivity index (χ1n) is 5.90. The van der Waals surface area contributed by atoms with E-state index in [0.717, 1.165) is 0 Å². The Bertz CT molecular complexity index is 452. The van der Waals surface area contributed by atoms with Crippen LogP contribution in [0.1, 0.15) is 12.7 Å². The highest BCUT2D eigenvalue weighted by molar-refractivity contribution is 5.49. The number of nitrogens with one attached hydrogen (secondary N) is 1. The number of ether oxygens (including phenoxy) is 1. The van der Waals surface area contributed by atoms with Gasteiger partial charge < -0.3 is 15.0 Å². The standard InChI is InChI=1S/C11H15F3N4O/c1-7-6-18(3-4-19-7)9-5-8(15-2)16-10(17-9)11(12,13)14/h5,7H,3-4,6H2,1-2H3,(H,15,16,17). The summed E-state index contributed by atoms with van der Waals surface area (Å²) >= 11 is 0. The first-order chi connectivity index (χ1) is 8.90. The molecule has 5 nitrogen and oxygen atoms in total. The highest BCUT2D eigenvalue weighted by atomic mass is 19.4. The maximum absolute atomic E-state index is 12.7. The van der Waals surface area contributed by atoms with Crippen molar-refractivity contribution in [2.24, 2.45) is 0 Å². The van der Waals surface area contributed by atoms with E-state index < -0.39 is 12.0 Å². The van der Waals surface area contributed by atoms with Crippen molar-refractivity contribution in [3.05, 3.63) is 11.9 Å². The Kier molecular flexibility index (Phi) is 3.79. The smallest absolute Gasteiger partial charge is 0.375 e.